The summed E-state index contributed by atoms with van der Waals surface area (Å²) in [4.78, 5) is 16.3. The van der Waals surface area contributed by atoms with E-state index in [0.717, 1.165) is 19.4 Å². The third kappa shape index (κ3) is 3.13. The molecule has 0 unspecified atom stereocenters. The molecule has 1 atom stereocenters. The van der Waals surface area contributed by atoms with Crippen molar-refractivity contribution in [2.75, 3.05) is 19.8 Å². The normalized spacial score (nSPS) is 18.0. The summed E-state index contributed by atoms with van der Waals surface area (Å²) in [6.45, 7) is 3.73. The fraction of sp³-hybridized carbons (Fsp3) is 0.500. The van der Waals surface area contributed by atoms with Crippen LogP contribution in [0.5, 0.6) is 5.88 Å². The van der Waals surface area contributed by atoms with Gasteiger partial charge in [0.05, 0.1) is 18.9 Å². The van der Waals surface area contributed by atoms with Gasteiger partial charge in [0.15, 0.2) is 5.65 Å². The molecule has 3 heterocycles. The fourth-order valence-electron chi connectivity index (χ4n) is 2.30. The van der Waals surface area contributed by atoms with Crippen molar-refractivity contribution in [3.8, 4) is 5.88 Å². The Hall–Kier alpha value is -2.15. The smallest absolute Gasteiger partial charge is 0.271 e. The van der Waals surface area contributed by atoms with E-state index in [0.29, 0.717) is 30.4 Å². The number of amides is 1. The largest absolute Gasteiger partial charge is 0.477 e. The summed E-state index contributed by atoms with van der Waals surface area (Å²) in [5, 5.41) is 7.08. The van der Waals surface area contributed by atoms with Gasteiger partial charge in [-0.3, -0.25) is 4.79 Å². The molecular weight excluding hydrogens is 272 g/mol. The number of hydrogen-bond acceptors (Lipinski definition) is 5. The van der Waals surface area contributed by atoms with Crippen LogP contribution in [0.1, 0.15) is 30.3 Å². The predicted octanol–water partition coefficient (Wildman–Crippen LogP) is 1.04. The molecule has 7 nitrogen and oxygen atoms in total. The predicted molar refractivity (Wildman–Crippen MR) is 75.5 cm³/mol. The van der Waals surface area contributed by atoms with Crippen molar-refractivity contribution in [3.63, 3.8) is 0 Å². The van der Waals surface area contributed by atoms with Crippen LogP contribution >= 0.6 is 0 Å². The van der Waals surface area contributed by atoms with Crippen LogP contribution in [0.4, 0.5) is 0 Å². The Labute approximate surface area is 122 Å². The zero-order chi connectivity index (χ0) is 14.7. The summed E-state index contributed by atoms with van der Waals surface area (Å²) in [5.41, 5.74) is 0.954. The topological polar surface area (TPSA) is 77.8 Å². The number of fused-ring (bicyclic) bond motifs is 1. The highest BCUT2D eigenvalue weighted by atomic mass is 16.5. The third-order valence-corrected chi connectivity index (χ3v) is 3.33. The molecule has 1 N–H and O–H groups in total. The lowest BCUT2D eigenvalue weighted by Crippen LogP contribution is -2.31. The van der Waals surface area contributed by atoms with Crippen molar-refractivity contribution in [1.82, 2.24) is 19.9 Å². The van der Waals surface area contributed by atoms with E-state index in [9.17, 15) is 4.79 Å². The SMILES string of the molecule is CCOc1ccc2nc(C(=O)NC[C@H]3CCCO3)cn2n1. The second-order valence-corrected chi connectivity index (χ2v) is 4.88. The Morgan fingerprint density at radius 3 is 3.24 bits per heavy atom. The molecule has 0 radical (unpaired) electrons. The van der Waals surface area contributed by atoms with Crippen molar-refractivity contribution in [2.45, 2.75) is 25.9 Å². The highest BCUT2D eigenvalue weighted by molar-refractivity contribution is 5.92. The minimum Gasteiger partial charge on any atom is -0.477 e. The van der Waals surface area contributed by atoms with Crippen LogP contribution in [0, 0.1) is 0 Å². The van der Waals surface area contributed by atoms with Gasteiger partial charge in [-0.1, -0.05) is 0 Å². The first-order valence-electron chi connectivity index (χ1n) is 7.15. The maximum atomic E-state index is 12.1. The average Bonchev–Trinajstić information content (AvgIpc) is 3.13. The van der Waals surface area contributed by atoms with Crippen LogP contribution in [0.15, 0.2) is 18.3 Å². The van der Waals surface area contributed by atoms with Gasteiger partial charge < -0.3 is 14.8 Å². The quantitative estimate of drug-likeness (QED) is 0.890. The zero-order valence-corrected chi connectivity index (χ0v) is 11.9. The molecule has 2 aromatic heterocycles. The summed E-state index contributed by atoms with van der Waals surface area (Å²) in [6, 6.07) is 3.51. The van der Waals surface area contributed by atoms with E-state index in [4.69, 9.17) is 9.47 Å². The van der Waals surface area contributed by atoms with Gasteiger partial charge in [-0.25, -0.2) is 9.50 Å². The summed E-state index contributed by atoms with van der Waals surface area (Å²) in [7, 11) is 0. The molecule has 3 rings (SSSR count). The van der Waals surface area contributed by atoms with Gasteiger partial charge in [0, 0.05) is 19.2 Å². The Kier molecular flexibility index (Phi) is 4.01. The van der Waals surface area contributed by atoms with E-state index in [1.54, 1.807) is 22.8 Å². The molecule has 1 fully saturated rings. The first-order chi connectivity index (χ1) is 10.3. The molecule has 1 saturated heterocycles. The second-order valence-electron chi connectivity index (χ2n) is 4.88. The highest BCUT2D eigenvalue weighted by Gasteiger charge is 2.18. The van der Waals surface area contributed by atoms with E-state index in [-0.39, 0.29) is 12.0 Å². The molecule has 0 aliphatic carbocycles. The van der Waals surface area contributed by atoms with Gasteiger partial charge in [0.25, 0.3) is 5.91 Å². The molecule has 21 heavy (non-hydrogen) atoms. The summed E-state index contributed by atoms with van der Waals surface area (Å²) in [5.74, 6) is 0.294. The molecule has 0 saturated carbocycles. The van der Waals surface area contributed by atoms with E-state index >= 15 is 0 Å². The number of imidazole rings is 1. The highest BCUT2D eigenvalue weighted by Crippen LogP contribution is 2.12. The summed E-state index contributed by atoms with van der Waals surface area (Å²) in [6.07, 6.45) is 3.76. The van der Waals surface area contributed by atoms with E-state index in [1.165, 1.54) is 0 Å². The lowest BCUT2D eigenvalue weighted by molar-refractivity contribution is 0.0854. The first kappa shape index (κ1) is 13.8. The monoisotopic (exact) mass is 290 g/mol. The molecule has 0 spiro atoms. The van der Waals surface area contributed by atoms with Gasteiger partial charge in [0.2, 0.25) is 5.88 Å². The lowest BCUT2D eigenvalue weighted by atomic mass is 10.2. The average molecular weight is 290 g/mol. The number of aromatic nitrogens is 3. The Balaban J connectivity index is 1.69. The van der Waals surface area contributed by atoms with Crippen LogP contribution in [0.25, 0.3) is 5.65 Å². The lowest BCUT2D eigenvalue weighted by Gasteiger charge is -2.09. The molecule has 0 bridgehead atoms. The number of nitrogens with one attached hydrogen (secondary N) is 1. The minimum absolute atomic E-state index is 0.119. The number of hydrogen-bond donors (Lipinski definition) is 1. The minimum atomic E-state index is -0.214. The van der Waals surface area contributed by atoms with Crippen LogP contribution < -0.4 is 10.1 Å². The standard InChI is InChI=1S/C14H18N4O3/c1-2-20-13-6-5-12-16-11(9-18(12)17-13)14(19)15-8-10-4-3-7-21-10/h5-6,9-10H,2-4,7-8H2,1H3,(H,15,19)/t10-/m1/s1. The summed E-state index contributed by atoms with van der Waals surface area (Å²) < 4.78 is 12.3. The van der Waals surface area contributed by atoms with Crippen molar-refractivity contribution >= 4 is 11.6 Å². The van der Waals surface area contributed by atoms with Gasteiger partial charge in [0.1, 0.15) is 5.69 Å². The maximum Gasteiger partial charge on any atom is 0.271 e. The van der Waals surface area contributed by atoms with Crippen LogP contribution in [0.2, 0.25) is 0 Å². The third-order valence-electron chi connectivity index (χ3n) is 3.33. The van der Waals surface area contributed by atoms with Crippen molar-refractivity contribution in [1.29, 1.82) is 0 Å². The maximum absolute atomic E-state index is 12.1. The number of carbonyl (C=O) groups is 1. The molecule has 7 heteroatoms. The van der Waals surface area contributed by atoms with Crippen LogP contribution in [0.3, 0.4) is 0 Å². The second kappa shape index (κ2) is 6.09. The van der Waals surface area contributed by atoms with Crippen LogP contribution in [-0.2, 0) is 4.74 Å². The van der Waals surface area contributed by atoms with Gasteiger partial charge >= 0.3 is 0 Å². The molecule has 1 aliphatic rings. The van der Waals surface area contributed by atoms with Crippen molar-refractivity contribution < 1.29 is 14.3 Å². The van der Waals surface area contributed by atoms with Crippen molar-refractivity contribution in [2.24, 2.45) is 0 Å². The number of carbonyl (C=O) groups excluding carboxylic acids is 1. The van der Waals surface area contributed by atoms with E-state index < -0.39 is 0 Å². The van der Waals surface area contributed by atoms with Gasteiger partial charge in [-0.05, 0) is 25.8 Å². The summed E-state index contributed by atoms with van der Waals surface area (Å²) >= 11 is 0. The Morgan fingerprint density at radius 2 is 2.48 bits per heavy atom. The number of rotatable bonds is 5. The van der Waals surface area contributed by atoms with Gasteiger partial charge in [-0.2, -0.15) is 0 Å². The molecule has 112 valence electrons. The molecular formula is C14H18N4O3. The van der Waals surface area contributed by atoms with Crippen molar-refractivity contribution in [3.05, 3.63) is 24.0 Å². The molecule has 0 aromatic carbocycles. The van der Waals surface area contributed by atoms with Crippen LogP contribution in [-0.4, -0.2) is 46.4 Å². The van der Waals surface area contributed by atoms with E-state index in [1.807, 2.05) is 6.92 Å². The Bertz CT molecular complexity index is 634. The Morgan fingerprint density at radius 1 is 1.57 bits per heavy atom. The molecule has 2 aromatic rings. The first-order valence-corrected chi connectivity index (χ1v) is 7.15. The zero-order valence-electron chi connectivity index (χ0n) is 11.9. The molecule has 1 aliphatic heterocycles. The fourth-order valence-corrected chi connectivity index (χ4v) is 2.30. The van der Waals surface area contributed by atoms with E-state index in [2.05, 4.69) is 15.4 Å². The number of ether oxygens (including phenoxy) is 2. The van der Waals surface area contributed by atoms with Gasteiger partial charge in [-0.15, -0.1) is 5.10 Å². The number of nitrogens with zero attached hydrogens (tertiary/aromatic N) is 3. The molecule has 1 amide bonds.